The van der Waals surface area contributed by atoms with E-state index in [2.05, 4.69) is 30.9 Å². The molecule has 0 saturated carbocycles. The SMILES string of the molecule is Cc1c(OCCC2CCN(CC(=O)Nc3ccc4c(C5CCC(=O)NC5=O)nn(C)c4c3)CC2)cccc1-c1ccc(N2CCc3cccc(C(=O)Nc4nc5ccccc5s4)c3C2)nc1C(=O)O. The van der Waals surface area contributed by atoms with Crippen LogP contribution in [-0.2, 0) is 34.4 Å². The number of likely N-dealkylation sites (tertiary alicyclic amines) is 1. The summed E-state index contributed by atoms with van der Waals surface area (Å²) in [4.78, 5) is 77.3. The van der Waals surface area contributed by atoms with Gasteiger partial charge < -0.3 is 20.1 Å². The van der Waals surface area contributed by atoms with Crippen molar-refractivity contribution >= 4 is 78.7 Å². The largest absolute Gasteiger partial charge is 0.493 e. The van der Waals surface area contributed by atoms with Crippen LogP contribution in [0.1, 0.15) is 81.3 Å². The molecule has 1 atom stereocenters. The molecule has 0 spiro atoms. The predicted molar refractivity (Wildman–Crippen MR) is 264 cm³/mol. The Morgan fingerprint density at radius 3 is 2.52 bits per heavy atom. The number of hydrogen-bond donors (Lipinski definition) is 4. The molecule has 1 unspecified atom stereocenters. The fraction of sp³-hybridized carbons (Fsp3) is 0.308. The summed E-state index contributed by atoms with van der Waals surface area (Å²) in [6, 6.07) is 28.4. The van der Waals surface area contributed by atoms with Crippen LogP contribution in [0.2, 0.25) is 0 Å². The molecule has 7 aromatic rings. The number of para-hydroxylation sites is 1. The number of carbonyl (C=O) groups excluding carboxylic acids is 4. The first-order valence-electron chi connectivity index (χ1n) is 23.3. The van der Waals surface area contributed by atoms with Crippen LogP contribution in [0, 0.1) is 12.8 Å². The van der Waals surface area contributed by atoms with Gasteiger partial charge in [-0.05, 0) is 135 Å². The fourth-order valence-corrected chi connectivity index (χ4v) is 10.8. The van der Waals surface area contributed by atoms with E-state index in [4.69, 9.17) is 9.72 Å². The molecule has 0 aliphatic carbocycles. The van der Waals surface area contributed by atoms with Crippen molar-refractivity contribution in [2.75, 3.05) is 48.3 Å². The number of anilines is 3. The molecule has 4 aromatic carbocycles. The van der Waals surface area contributed by atoms with Crippen LogP contribution in [0.15, 0.2) is 91.0 Å². The molecule has 69 heavy (non-hydrogen) atoms. The number of hydrogen-bond acceptors (Lipinski definition) is 12. The molecule has 4 amide bonds. The lowest BCUT2D eigenvalue weighted by Crippen LogP contribution is -2.39. The number of nitrogens with zero attached hydrogens (tertiary/aromatic N) is 6. The summed E-state index contributed by atoms with van der Waals surface area (Å²) in [5.74, 6) is -0.955. The molecule has 3 aliphatic rings. The highest BCUT2D eigenvalue weighted by Gasteiger charge is 2.32. The van der Waals surface area contributed by atoms with Crippen molar-refractivity contribution in [3.8, 4) is 16.9 Å². The van der Waals surface area contributed by atoms with Crippen LogP contribution in [0.4, 0.5) is 16.6 Å². The number of imide groups is 1. The minimum absolute atomic E-state index is 0.0593. The van der Waals surface area contributed by atoms with Crippen molar-refractivity contribution in [1.29, 1.82) is 0 Å². The summed E-state index contributed by atoms with van der Waals surface area (Å²) < 4.78 is 9.04. The zero-order chi connectivity index (χ0) is 47.8. The summed E-state index contributed by atoms with van der Waals surface area (Å²) in [6.07, 6.45) is 4.06. The number of carboxylic acid groups (broad SMARTS) is 1. The van der Waals surface area contributed by atoms with Gasteiger partial charge in [-0.25, -0.2) is 14.8 Å². The third kappa shape index (κ3) is 9.52. The van der Waals surface area contributed by atoms with Crippen LogP contribution in [0.3, 0.4) is 0 Å². The van der Waals surface area contributed by atoms with Gasteiger partial charge in [-0.3, -0.25) is 39.4 Å². The molecular formula is C52H51N9O7S. The molecule has 0 bridgehead atoms. The number of carboxylic acids is 1. The van der Waals surface area contributed by atoms with Crippen LogP contribution >= 0.6 is 11.3 Å². The topological polar surface area (TPSA) is 201 Å². The first-order valence-corrected chi connectivity index (χ1v) is 24.1. The highest BCUT2D eigenvalue weighted by atomic mass is 32.1. The molecule has 3 aliphatic heterocycles. The molecule has 6 heterocycles. The summed E-state index contributed by atoms with van der Waals surface area (Å²) in [7, 11) is 1.80. The van der Waals surface area contributed by atoms with Crippen molar-refractivity contribution in [2.45, 2.75) is 57.9 Å². The minimum atomic E-state index is -1.14. The predicted octanol–water partition coefficient (Wildman–Crippen LogP) is 7.71. The number of aromatic nitrogens is 4. The van der Waals surface area contributed by atoms with Crippen molar-refractivity contribution in [3.63, 3.8) is 0 Å². The van der Waals surface area contributed by atoms with E-state index < -0.39 is 11.9 Å². The van der Waals surface area contributed by atoms with E-state index >= 15 is 0 Å². The van der Waals surface area contributed by atoms with E-state index in [1.165, 1.54) is 11.3 Å². The Labute approximate surface area is 401 Å². The van der Waals surface area contributed by atoms with E-state index in [-0.39, 0.29) is 42.3 Å². The van der Waals surface area contributed by atoms with Crippen LogP contribution in [0.5, 0.6) is 5.75 Å². The number of carbonyl (C=O) groups is 5. The van der Waals surface area contributed by atoms with Gasteiger partial charge in [0.1, 0.15) is 11.6 Å². The average molecular weight is 946 g/mol. The van der Waals surface area contributed by atoms with Crippen molar-refractivity contribution in [3.05, 3.63) is 125 Å². The molecule has 17 heteroatoms. The van der Waals surface area contributed by atoms with Gasteiger partial charge in [0.2, 0.25) is 17.7 Å². The molecule has 0 radical (unpaired) electrons. The van der Waals surface area contributed by atoms with Crippen LogP contribution in [0.25, 0.3) is 32.2 Å². The van der Waals surface area contributed by atoms with E-state index in [0.717, 1.165) is 75.7 Å². The molecule has 3 aromatic heterocycles. The number of aryl methyl sites for hydroxylation is 1. The van der Waals surface area contributed by atoms with Gasteiger partial charge in [0.25, 0.3) is 5.91 Å². The first-order chi connectivity index (χ1) is 33.4. The number of ether oxygens (including phenoxy) is 1. The second-order valence-corrected chi connectivity index (χ2v) is 19.0. The Bertz CT molecular complexity index is 3140. The minimum Gasteiger partial charge on any atom is -0.493 e. The van der Waals surface area contributed by atoms with Gasteiger partial charge >= 0.3 is 5.97 Å². The van der Waals surface area contributed by atoms with Crippen molar-refractivity contribution in [2.24, 2.45) is 13.0 Å². The highest BCUT2D eigenvalue weighted by Crippen LogP contribution is 2.36. The van der Waals surface area contributed by atoms with E-state index in [9.17, 15) is 29.1 Å². The number of benzene rings is 4. The number of aromatic carboxylic acids is 1. The fourth-order valence-electron chi connectivity index (χ4n) is 9.89. The lowest BCUT2D eigenvalue weighted by Gasteiger charge is -2.31. The maximum absolute atomic E-state index is 13.6. The standard InChI is InChI=1S/C52H51N9O7S/c1-30-34(35-15-17-44(55-48(35)51(66)67)61-25-21-32-7-5-9-36(39(32)28-61)49(64)57-52-54-40-10-3-4-12-43(40)69-52)8-6-11-42(30)68-26-22-31-19-23-60(24-20-31)29-46(63)53-33-13-14-37-41(27-33)59(2)58-47(37)38-16-18-45(62)56-50(38)65/h3-15,17,27,31,38H,16,18-26,28-29H2,1-2H3,(H,53,63)(H,66,67)(H,54,57,64)(H,56,62,65). The number of pyridine rings is 1. The maximum atomic E-state index is 13.6. The lowest BCUT2D eigenvalue weighted by molar-refractivity contribution is -0.134. The van der Waals surface area contributed by atoms with E-state index in [1.54, 1.807) is 11.7 Å². The van der Waals surface area contributed by atoms with Gasteiger partial charge in [0.05, 0.1) is 40.5 Å². The summed E-state index contributed by atoms with van der Waals surface area (Å²) >= 11 is 1.42. The quantitative estimate of drug-likeness (QED) is 0.0823. The molecule has 16 nitrogen and oxygen atoms in total. The summed E-state index contributed by atoms with van der Waals surface area (Å²) in [5.41, 5.74) is 7.37. The van der Waals surface area contributed by atoms with Gasteiger partial charge in [-0.15, -0.1) is 0 Å². The molecule has 4 N–H and O–H groups in total. The maximum Gasteiger partial charge on any atom is 0.355 e. The zero-order valence-electron chi connectivity index (χ0n) is 38.3. The molecule has 2 fully saturated rings. The Morgan fingerprint density at radius 2 is 1.71 bits per heavy atom. The second-order valence-electron chi connectivity index (χ2n) is 18.0. The van der Waals surface area contributed by atoms with Crippen LogP contribution < -0.4 is 25.6 Å². The normalized spacial score (nSPS) is 16.6. The second kappa shape index (κ2) is 19.2. The Morgan fingerprint density at radius 1 is 0.884 bits per heavy atom. The van der Waals surface area contributed by atoms with Crippen molar-refractivity contribution in [1.82, 2.24) is 30.0 Å². The van der Waals surface area contributed by atoms with Crippen molar-refractivity contribution < 1.29 is 33.8 Å². The number of thiazole rings is 1. The molecular weight excluding hydrogens is 895 g/mol. The number of amides is 4. The number of nitrogens with one attached hydrogen (secondary N) is 3. The highest BCUT2D eigenvalue weighted by molar-refractivity contribution is 7.22. The average Bonchev–Trinajstić information content (AvgIpc) is 3.91. The Hall–Kier alpha value is -7.50. The van der Waals surface area contributed by atoms with Gasteiger partial charge in [-0.2, -0.15) is 5.10 Å². The Kier molecular flexibility index (Phi) is 12.6. The number of piperidine rings is 2. The van der Waals surface area contributed by atoms with Crippen LogP contribution in [-0.4, -0.2) is 92.1 Å². The third-order valence-corrected chi connectivity index (χ3v) is 14.6. The smallest absolute Gasteiger partial charge is 0.355 e. The number of fused-ring (bicyclic) bond motifs is 3. The van der Waals surface area contributed by atoms with E-state index in [0.29, 0.717) is 77.7 Å². The summed E-state index contributed by atoms with van der Waals surface area (Å²) in [6.45, 7) is 5.28. The Balaban J connectivity index is 0.727. The van der Waals surface area contributed by atoms with Gasteiger partial charge in [0.15, 0.2) is 10.8 Å². The van der Waals surface area contributed by atoms with Gasteiger partial charge in [0, 0.05) is 48.8 Å². The van der Waals surface area contributed by atoms with Gasteiger partial charge in [-0.1, -0.05) is 47.7 Å². The number of rotatable bonds is 13. The molecule has 2 saturated heterocycles. The zero-order valence-corrected chi connectivity index (χ0v) is 39.1. The van der Waals surface area contributed by atoms with E-state index in [1.807, 2.05) is 103 Å². The monoisotopic (exact) mass is 945 g/mol. The first kappa shape index (κ1) is 45.3. The third-order valence-electron chi connectivity index (χ3n) is 13.6. The molecule has 352 valence electrons. The lowest BCUT2D eigenvalue weighted by atomic mass is 9.93. The molecule has 10 rings (SSSR count). The summed E-state index contributed by atoms with van der Waals surface area (Å²) in [5, 5.41) is 24.8.